The lowest BCUT2D eigenvalue weighted by molar-refractivity contribution is 0.515. The zero-order chi connectivity index (χ0) is 7.68. The van der Waals surface area contributed by atoms with Gasteiger partial charge >= 0.3 is 0 Å². The average Bonchev–Trinajstić information content (AvgIpc) is 2.47. The molecule has 1 atom stereocenters. The lowest BCUT2D eigenvalue weighted by Crippen LogP contribution is -2.25. The van der Waals surface area contributed by atoms with Gasteiger partial charge in [0, 0.05) is 6.54 Å². The highest BCUT2D eigenvalue weighted by Crippen LogP contribution is 2.21. The van der Waals surface area contributed by atoms with Crippen LogP contribution in [0.15, 0.2) is 24.3 Å². The van der Waals surface area contributed by atoms with E-state index >= 15 is 0 Å². The van der Waals surface area contributed by atoms with Crippen LogP contribution in [-0.4, -0.2) is 7.05 Å². The van der Waals surface area contributed by atoms with Crippen molar-refractivity contribution >= 4 is 0 Å². The molecule has 2 heteroatoms. The molecule has 0 saturated carbocycles. The molecule has 1 aromatic rings. The summed E-state index contributed by atoms with van der Waals surface area (Å²) in [6.07, 6.45) is 0.353. The van der Waals surface area contributed by atoms with Gasteiger partial charge in [-0.05, 0) is 18.2 Å². The van der Waals surface area contributed by atoms with E-state index in [2.05, 4.69) is 34.9 Å². The number of hydrogen-bond donors (Lipinski definition) is 2. The first-order chi connectivity index (χ1) is 5.42. The molecule has 1 aliphatic rings. The van der Waals surface area contributed by atoms with Gasteiger partial charge in [-0.25, -0.2) is 0 Å². The molecule has 0 saturated heterocycles. The van der Waals surface area contributed by atoms with Crippen molar-refractivity contribution in [2.75, 3.05) is 7.05 Å². The van der Waals surface area contributed by atoms with Crippen LogP contribution in [0, 0.1) is 0 Å². The summed E-state index contributed by atoms with van der Waals surface area (Å²) in [5, 5.41) is 6.57. The van der Waals surface area contributed by atoms with Crippen LogP contribution in [0.4, 0.5) is 0 Å². The zero-order valence-corrected chi connectivity index (χ0v) is 6.59. The Balaban J connectivity index is 2.39. The maximum atomic E-state index is 3.36. The molecule has 2 rings (SSSR count). The molecule has 2 N–H and O–H groups in total. The highest BCUT2D eigenvalue weighted by molar-refractivity contribution is 5.32. The molecule has 0 aliphatic carbocycles. The van der Waals surface area contributed by atoms with Crippen LogP contribution >= 0.6 is 0 Å². The average molecular weight is 148 g/mol. The summed E-state index contributed by atoms with van der Waals surface area (Å²) in [6.45, 7) is 0.988. The van der Waals surface area contributed by atoms with Crippen molar-refractivity contribution in [1.29, 1.82) is 0 Å². The van der Waals surface area contributed by atoms with Crippen molar-refractivity contribution in [3.63, 3.8) is 0 Å². The second kappa shape index (κ2) is 2.64. The van der Waals surface area contributed by atoms with E-state index in [9.17, 15) is 0 Å². The Labute approximate surface area is 66.6 Å². The fourth-order valence-corrected chi connectivity index (χ4v) is 1.56. The highest BCUT2D eigenvalue weighted by Gasteiger charge is 2.18. The van der Waals surface area contributed by atoms with Gasteiger partial charge in [-0.3, -0.25) is 5.32 Å². The van der Waals surface area contributed by atoms with E-state index in [1.807, 2.05) is 7.05 Å². The first-order valence-electron chi connectivity index (χ1n) is 3.90. The van der Waals surface area contributed by atoms with Crippen molar-refractivity contribution in [3.8, 4) is 0 Å². The smallest absolute Gasteiger partial charge is 0.0838 e. The van der Waals surface area contributed by atoms with Gasteiger partial charge in [0.1, 0.15) is 0 Å². The summed E-state index contributed by atoms with van der Waals surface area (Å²) in [4.78, 5) is 0. The first-order valence-corrected chi connectivity index (χ1v) is 3.90. The molecule has 2 nitrogen and oxygen atoms in total. The van der Waals surface area contributed by atoms with Crippen molar-refractivity contribution in [3.05, 3.63) is 35.4 Å². The third-order valence-corrected chi connectivity index (χ3v) is 2.15. The Bertz CT molecular complexity index is 257. The van der Waals surface area contributed by atoms with Crippen LogP contribution in [0.3, 0.4) is 0 Å². The van der Waals surface area contributed by atoms with Crippen LogP contribution in [0.1, 0.15) is 17.3 Å². The molecule has 0 amide bonds. The van der Waals surface area contributed by atoms with Gasteiger partial charge in [-0.15, -0.1) is 0 Å². The predicted molar refractivity (Wildman–Crippen MR) is 45.1 cm³/mol. The third kappa shape index (κ3) is 1.04. The Morgan fingerprint density at radius 1 is 1.45 bits per heavy atom. The molecule has 1 heterocycles. The normalized spacial score (nSPS) is 21.7. The predicted octanol–water partition coefficient (Wildman–Crippen LogP) is 1.01. The Kier molecular flexibility index (Phi) is 1.64. The van der Waals surface area contributed by atoms with Gasteiger partial charge in [0.2, 0.25) is 0 Å². The van der Waals surface area contributed by atoms with Crippen LogP contribution in [0.2, 0.25) is 0 Å². The van der Waals surface area contributed by atoms with Gasteiger partial charge in [0.25, 0.3) is 0 Å². The van der Waals surface area contributed by atoms with Gasteiger partial charge in [-0.1, -0.05) is 24.3 Å². The summed E-state index contributed by atoms with van der Waals surface area (Å²) < 4.78 is 0. The zero-order valence-electron chi connectivity index (χ0n) is 6.59. The molecule has 0 bridgehead atoms. The Morgan fingerprint density at radius 3 is 3.09 bits per heavy atom. The van der Waals surface area contributed by atoms with Gasteiger partial charge in [-0.2, -0.15) is 0 Å². The van der Waals surface area contributed by atoms with Gasteiger partial charge in [0.15, 0.2) is 0 Å². The lowest BCUT2D eigenvalue weighted by Gasteiger charge is -2.09. The topological polar surface area (TPSA) is 24.1 Å². The molecule has 0 aromatic heterocycles. The quantitative estimate of drug-likeness (QED) is 0.621. The van der Waals surface area contributed by atoms with E-state index in [1.54, 1.807) is 0 Å². The minimum atomic E-state index is 0.353. The number of benzene rings is 1. The number of nitrogens with one attached hydrogen (secondary N) is 2. The minimum Gasteiger partial charge on any atom is -0.301 e. The first kappa shape index (κ1) is 6.83. The van der Waals surface area contributed by atoms with Crippen LogP contribution in [0.5, 0.6) is 0 Å². The summed E-state index contributed by atoms with van der Waals surface area (Å²) in [7, 11) is 1.97. The SMILES string of the molecule is CNC1NCc2ccccc21. The summed E-state index contributed by atoms with van der Waals surface area (Å²) in [5.74, 6) is 0. The van der Waals surface area contributed by atoms with Crippen LogP contribution in [-0.2, 0) is 6.54 Å². The second-order valence-corrected chi connectivity index (χ2v) is 2.80. The summed E-state index contributed by atoms with van der Waals surface area (Å²) >= 11 is 0. The second-order valence-electron chi connectivity index (χ2n) is 2.80. The van der Waals surface area contributed by atoms with E-state index in [1.165, 1.54) is 11.1 Å². The van der Waals surface area contributed by atoms with Crippen LogP contribution < -0.4 is 10.6 Å². The summed E-state index contributed by atoms with van der Waals surface area (Å²) in [5.41, 5.74) is 2.79. The molecule has 0 fully saturated rings. The van der Waals surface area contributed by atoms with Crippen molar-refractivity contribution in [1.82, 2.24) is 10.6 Å². The largest absolute Gasteiger partial charge is 0.301 e. The Morgan fingerprint density at radius 2 is 2.27 bits per heavy atom. The Hall–Kier alpha value is -0.860. The highest BCUT2D eigenvalue weighted by atomic mass is 15.1. The summed E-state index contributed by atoms with van der Waals surface area (Å²) in [6, 6.07) is 8.49. The van der Waals surface area contributed by atoms with Crippen molar-refractivity contribution < 1.29 is 0 Å². The number of hydrogen-bond acceptors (Lipinski definition) is 2. The van der Waals surface area contributed by atoms with Gasteiger partial charge in [0.05, 0.1) is 6.17 Å². The molecule has 1 unspecified atom stereocenters. The van der Waals surface area contributed by atoms with Crippen molar-refractivity contribution in [2.24, 2.45) is 0 Å². The fourth-order valence-electron chi connectivity index (χ4n) is 1.56. The van der Waals surface area contributed by atoms with E-state index < -0.39 is 0 Å². The standard InChI is InChI=1S/C9H12N2/c1-10-9-8-5-3-2-4-7(8)6-11-9/h2-5,9-11H,6H2,1H3. The monoisotopic (exact) mass is 148 g/mol. The molecule has 0 spiro atoms. The number of fused-ring (bicyclic) bond motifs is 1. The molecule has 1 aliphatic heterocycles. The molecular formula is C9H12N2. The number of rotatable bonds is 1. The van der Waals surface area contributed by atoms with Crippen LogP contribution in [0.25, 0.3) is 0 Å². The van der Waals surface area contributed by atoms with E-state index in [-0.39, 0.29) is 0 Å². The molecule has 11 heavy (non-hydrogen) atoms. The van der Waals surface area contributed by atoms with Gasteiger partial charge < -0.3 is 5.32 Å². The van der Waals surface area contributed by atoms with E-state index in [4.69, 9.17) is 0 Å². The fraction of sp³-hybridized carbons (Fsp3) is 0.333. The minimum absolute atomic E-state index is 0.353. The third-order valence-electron chi connectivity index (χ3n) is 2.15. The van der Waals surface area contributed by atoms with E-state index in [0.29, 0.717) is 6.17 Å². The molecule has 1 aromatic carbocycles. The van der Waals surface area contributed by atoms with E-state index in [0.717, 1.165) is 6.54 Å². The maximum Gasteiger partial charge on any atom is 0.0838 e. The lowest BCUT2D eigenvalue weighted by atomic mass is 10.1. The molecule has 0 radical (unpaired) electrons. The molecule has 58 valence electrons. The van der Waals surface area contributed by atoms with Crippen molar-refractivity contribution in [2.45, 2.75) is 12.7 Å². The maximum absolute atomic E-state index is 3.36. The molecular weight excluding hydrogens is 136 g/mol.